The van der Waals surface area contributed by atoms with Crippen molar-refractivity contribution in [3.63, 3.8) is 0 Å². The van der Waals surface area contributed by atoms with Gasteiger partial charge in [-0.2, -0.15) is 4.72 Å². The van der Waals surface area contributed by atoms with E-state index in [2.05, 4.69) is 10.0 Å². The first kappa shape index (κ1) is 24.5. The summed E-state index contributed by atoms with van der Waals surface area (Å²) in [6, 6.07) is 19.4. The third kappa shape index (κ3) is 6.21. The molecule has 0 aromatic heterocycles. The van der Waals surface area contributed by atoms with Crippen LogP contribution in [0.2, 0.25) is 0 Å². The number of nitrogens with one attached hydrogen (secondary N) is 2. The summed E-state index contributed by atoms with van der Waals surface area (Å²) in [4.78, 5) is 13.4. The number of hydrogen-bond donors (Lipinski definition) is 2. The highest BCUT2D eigenvalue weighted by atomic mass is 32.2. The smallest absolute Gasteiger partial charge is 0.241 e. The van der Waals surface area contributed by atoms with Crippen LogP contribution in [0.25, 0.3) is 0 Å². The molecular formula is C26H30N2O4S. The van der Waals surface area contributed by atoms with Crippen molar-refractivity contribution in [3.8, 4) is 5.75 Å². The van der Waals surface area contributed by atoms with Gasteiger partial charge in [0.25, 0.3) is 0 Å². The molecule has 0 aliphatic rings. The highest BCUT2D eigenvalue weighted by molar-refractivity contribution is 7.89. The van der Waals surface area contributed by atoms with Gasteiger partial charge in [0.15, 0.2) is 0 Å². The van der Waals surface area contributed by atoms with Crippen molar-refractivity contribution in [2.75, 3.05) is 7.11 Å². The predicted octanol–water partition coefficient (Wildman–Crippen LogP) is 3.83. The summed E-state index contributed by atoms with van der Waals surface area (Å²) in [5.41, 5.74) is 3.94. The van der Waals surface area contributed by atoms with Gasteiger partial charge >= 0.3 is 0 Å². The molecule has 0 heterocycles. The maximum atomic E-state index is 13.4. The number of benzene rings is 3. The number of para-hydroxylation sites is 1. The highest BCUT2D eigenvalue weighted by Crippen LogP contribution is 2.22. The molecule has 1 unspecified atom stereocenters. The van der Waals surface area contributed by atoms with Crippen molar-refractivity contribution in [1.29, 1.82) is 0 Å². The summed E-state index contributed by atoms with van der Waals surface area (Å²) in [7, 11) is -2.37. The highest BCUT2D eigenvalue weighted by Gasteiger charge is 2.28. The number of hydrogen-bond acceptors (Lipinski definition) is 4. The van der Waals surface area contributed by atoms with Crippen LogP contribution >= 0.6 is 0 Å². The molecule has 0 aliphatic carbocycles. The molecule has 1 atom stereocenters. The lowest BCUT2D eigenvalue weighted by Crippen LogP contribution is -2.48. The van der Waals surface area contributed by atoms with Gasteiger partial charge < -0.3 is 10.1 Å². The van der Waals surface area contributed by atoms with E-state index in [0.29, 0.717) is 16.9 Å². The Morgan fingerprint density at radius 1 is 0.939 bits per heavy atom. The second-order valence-corrected chi connectivity index (χ2v) is 9.77. The fourth-order valence-corrected chi connectivity index (χ4v) is 5.68. The fourth-order valence-electron chi connectivity index (χ4n) is 4.03. The molecule has 7 heteroatoms. The maximum absolute atomic E-state index is 13.4. The molecule has 0 spiro atoms. The summed E-state index contributed by atoms with van der Waals surface area (Å²) >= 11 is 0. The van der Waals surface area contributed by atoms with Crippen molar-refractivity contribution in [3.05, 3.63) is 94.5 Å². The number of sulfonamides is 1. The molecule has 3 aromatic rings. The molecule has 33 heavy (non-hydrogen) atoms. The molecule has 0 radical (unpaired) electrons. The molecule has 0 saturated carbocycles. The van der Waals surface area contributed by atoms with Gasteiger partial charge in [0.05, 0.1) is 12.0 Å². The Bertz CT molecular complexity index is 1200. The lowest BCUT2D eigenvalue weighted by molar-refractivity contribution is -0.122. The Balaban J connectivity index is 1.87. The quantitative estimate of drug-likeness (QED) is 0.502. The van der Waals surface area contributed by atoms with E-state index < -0.39 is 22.0 Å². The minimum absolute atomic E-state index is 0.212. The molecule has 0 bridgehead atoms. The van der Waals surface area contributed by atoms with E-state index in [9.17, 15) is 13.2 Å². The van der Waals surface area contributed by atoms with E-state index >= 15 is 0 Å². The van der Waals surface area contributed by atoms with Crippen LogP contribution in [-0.2, 0) is 27.8 Å². The number of ether oxygens (including phenoxy) is 1. The molecule has 174 valence electrons. The van der Waals surface area contributed by atoms with Crippen molar-refractivity contribution in [2.45, 2.75) is 44.7 Å². The summed E-state index contributed by atoms with van der Waals surface area (Å²) < 4.78 is 34.7. The molecule has 0 fully saturated rings. The minimum Gasteiger partial charge on any atom is -0.496 e. The van der Waals surface area contributed by atoms with Crippen LogP contribution in [0.1, 0.15) is 27.8 Å². The second-order valence-electron chi connectivity index (χ2n) is 8.12. The molecule has 6 nitrogen and oxygen atoms in total. The SMILES string of the molecule is COc1ccccc1CNC(=O)C(Cc1ccccc1)NS(=O)(=O)c1c(C)cc(C)cc1C. The average Bonchev–Trinajstić information content (AvgIpc) is 2.76. The van der Waals surface area contributed by atoms with Crippen molar-refractivity contribution in [2.24, 2.45) is 0 Å². The van der Waals surface area contributed by atoms with Crippen LogP contribution in [-0.4, -0.2) is 27.5 Å². The second kappa shape index (κ2) is 10.6. The standard InChI is InChI=1S/C26H30N2O4S/c1-18-14-19(2)25(20(3)15-18)33(30,31)28-23(16-21-10-6-5-7-11-21)26(29)27-17-22-12-8-9-13-24(22)32-4/h5-15,23,28H,16-17H2,1-4H3,(H,27,29). The van der Waals surface area contributed by atoms with Gasteiger partial charge in [0.1, 0.15) is 11.8 Å². The Labute approximate surface area is 196 Å². The molecule has 0 saturated heterocycles. The van der Waals surface area contributed by atoms with E-state index in [-0.39, 0.29) is 17.9 Å². The monoisotopic (exact) mass is 466 g/mol. The lowest BCUT2D eigenvalue weighted by Gasteiger charge is -2.21. The van der Waals surface area contributed by atoms with Crippen LogP contribution in [0.15, 0.2) is 71.6 Å². The van der Waals surface area contributed by atoms with Gasteiger partial charge in [0.2, 0.25) is 15.9 Å². The topological polar surface area (TPSA) is 84.5 Å². The zero-order valence-corrected chi connectivity index (χ0v) is 20.2. The first-order chi connectivity index (χ1) is 15.7. The molecule has 1 amide bonds. The zero-order valence-electron chi connectivity index (χ0n) is 19.4. The number of methoxy groups -OCH3 is 1. The lowest BCUT2D eigenvalue weighted by atomic mass is 10.1. The number of carbonyl (C=O) groups excluding carboxylic acids is 1. The van der Waals surface area contributed by atoms with Gasteiger partial charge in [-0.3, -0.25) is 4.79 Å². The van der Waals surface area contributed by atoms with Crippen LogP contribution in [0.5, 0.6) is 5.75 Å². The number of amides is 1. The number of rotatable bonds is 9. The van der Waals surface area contributed by atoms with Gasteiger partial charge in [-0.25, -0.2) is 8.42 Å². The van der Waals surface area contributed by atoms with Crippen molar-refractivity contribution in [1.82, 2.24) is 10.0 Å². The molecule has 2 N–H and O–H groups in total. The summed E-state index contributed by atoms with van der Waals surface area (Å²) in [5, 5.41) is 2.86. The third-order valence-corrected chi connectivity index (χ3v) is 7.19. The minimum atomic E-state index is -3.93. The van der Waals surface area contributed by atoms with Crippen molar-refractivity contribution < 1.29 is 17.9 Å². The number of carbonyl (C=O) groups is 1. The van der Waals surface area contributed by atoms with E-state index in [1.54, 1.807) is 21.0 Å². The summed E-state index contributed by atoms with van der Waals surface area (Å²) in [6.45, 7) is 5.68. The van der Waals surface area contributed by atoms with Crippen LogP contribution in [0.4, 0.5) is 0 Å². The van der Waals surface area contributed by atoms with Gasteiger partial charge in [0, 0.05) is 12.1 Å². The van der Waals surface area contributed by atoms with E-state index in [4.69, 9.17) is 4.74 Å². The number of aryl methyl sites for hydroxylation is 3. The first-order valence-electron chi connectivity index (χ1n) is 10.7. The Morgan fingerprint density at radius 2 is 1.55 bits per heavy atom. The predicted molar refractivity (Wildman–Crippen MR) is 130 cm³/mol. The maximum Gasteiger partial charge on any atom is 0.241 e. The van der Waals surface area contributed by atoms with E-state index in [1.807, 2.05) is 73.7 Å². The van der Waals surface area contributed by atoms with Gasteiger partial charge in [-0.1, -0.05) is 66.2 Å². The molecule has 0 aliphatic heterocycles. The molecular weight excluding hydrogens is 436 g/mol. The molecule has 3 rings (SSSR count). The van der Waals surface area contributed by atoms with Crippen LogP contribution in [0.3, 0.4) is 0 Å². The van der Waals surface area contributed by atoms with Crippen LogP contribution < -0.4 is 14.8 Å². The Morgan fingerprint density at radius 3 is 2.18 bits per heavy atom. The zero-order chi connectivity index (χ0) is 24.0. The Kier molecular flexibility index (Phi) is 7.89. The van der Waals surface area contributed by atoms with Gasteiger partial charge in [-0.05, 0) is 49.9 Å². The normalized spacial score (nSPS) is 12.2. The average molecular weight is 467 g/mol. The van der Waals surface area contributed by atoms with Gasteiger partial charge in [-0.15, -0.1) is 0 Å². The first-order valence-corrected chi connectivity index (χ1v) is 12.2. The van der Waals surface area contributed by atoms with E-state index in [0.717, 1.165) is 16.7 Å². The third-order valence-electron chi connectivity index (χ3n) is 5.42. The largest absolute Gasteiger partial charge is 0.496 e. The summed E-state index contributed by atoms with van der Waals surface area (Å²) in [5.74, 6) is 0.250. The summed E-state index contributed by atoms with van der Waals surface area (Å²) in [6.07, 6.45) is 0.224. The van der Waals surface area contributed by atoms with E-state index in [1.165, 1.54) is 0 Å². The molecule has 3 aromatic carbocycles. The van der Waals surface area contributed by atoms with Crippen LogP contribution in [0, 0.1) is 20.8 Å². The fraction of sp³-hybridized carbons (Fsp3) is 0.269. The van der Waals surface area contributed by atoms with Crippen molar-refractivity contribution >= 4 is 15.9 Å². The Hall–Kier alpha value is -3.16.